The summed E-state index contributed by atoms with van der Waals surface area (Å²) in [5, 5.41) is 9.72. The van der Waals surface area contributed by atoms with Gasteiger partial charge in [0, 0.05) is 12.8 Å². The Morgan fingerprint density at radius 3 is 2.09 bits per heavy atom. The molecule has 2 unspecified atom stereocenters. The fourth-order valence-corrected chi connectivity index (χ4v) is 4.59. The lowest BCUT2D eigenvalue weighted by molar-refractivity contribution is -0.161. The summed E-state index contributed by atoms with van der Waals surface area (Å²) in [4.78, 5) is 42.5. The third-order valence-electron chi connectivity index (χ3n) is 7.17. The summed E-state index contributed by atoms with van der Waals surface area (Å²) < 4.78 is 26.1. The largest absolute Gasteiger partial charge is 0.469 e. The van der Waals surface area contributed by atoms with Gasteiger partial charge in [-0.25, -0.2) is 4.57 Å². The van der Waals surface area contributed by atoms with Crippen molar-refractivity contribution in [3.63, 3.8) is 0 Å². The van der Waals surface area contributed by atoms with E-state index in [1.165, 1.54) is 25.7 Å². The lowest BCUT2D eigenvalue weighted by Gasteiger charge is -2.18. The summed E-state index contributed by atoms with van der Waals surface area (Å²) in [6.45, 7) is 5.63. The molecule has 0 aliphatic rings. The second-order valence-electron chi connectivity index (χ2n) is 11.6. The molecule has 9 nitrogen and oxygen atoms in total. The highest BCUT2D eigenvalue weighted by molar-refractivity contribution is 7.46. The minimum absolute atomic E-state index is 0.113. The van der Waals surface area contributed by atoms with Crippen LogP contribution in [0.1, 0.15) is 124 Å². The molecule has 0 bridgehead atoms. The summed E-state index contributed by atoms with van der Waals surface area (Å²) in [6, 6.07) is 0. The zero-order valence-electron chi connectivity index (χ0n) is 28.5. The van der Waals surface area contributed by atoms with Crippen LogP contribution in [0.3, 0.4) is 0 Å². The molecule has 0 saturated heterocycles. The molecule has 0 saturated carbocycles. The van der Waals surface area contributed by atoms with Crippen LogP contribution in [0, 0.1) is 5.92 Å². The molecule has 0 aliphatic heterocycles. The van der Waals surface area contributed by atoms with E-state index in [1.54, 1.807) is 6.08 Å². The van der Waals surface area contributed by atoms with Crippen molar-refractivity contribution in [3.05, 3.63) is 60.8 Å². The molecule has 0 aliphatic carbocycles. The van der Waals surface area contributed by atoms with E-state index in [2.05, 4.69) is 30.5 Å². The predicted molar refractivity (Wildman–Crippen MR) is 185 cm³/mol. The standard InChI is InChI=1S/C36H61O9P/c1-4-6-26-33(37)27-22-18-13-11-9-7-8-10-12-14-20-24-29-36(39)45-34(31-44-46(40,41)42)30-43-35(38)28-23-19-16-15-17-21-25-32(3)5-2/h6-8,11-14,18,22,26,32-34,37H,4-5,9-10,15-17,19-21,23-25,27-31H2,1-3H3,(H2,40,41,42)/b8-7-,13-11-,14-12-,22-18+,26-6-/t32?,33?,34-/m1/s1. The Balaban J connectivity index is 4.20. The topological polar surface area (TPSA) is 140 Å². The van der Waals surface area contributed by atoms with Crippen LogP contribution in [0.5, 0.6) is 0 Å². The third kappa shape index (κ3) is 31.7. The summed E-state index contributed by atoms with van der Waals surface area (Å²) in [6.07, 6.45) is 31.7. The number of carbonyl (C=O) groups is 2. The number of phosphoric acid groups is 1. The van der Waals surface area contributed by atoms with E-state index in [-0.39, 0.29) is 19.4 Å². The minimum atomic E-state index is -4.77. The number of ether oxygens (including phenoxy) is 2. The molecular weight excluding hydrogens is 607 g/mol. The molecule has 0 fully saturated rings. The molecule has 0 aromatic rings. The van der Waals surface area contributed by atoms with Gasteiger partial charge in [-0.2, -0.15) is 0 Å². The van der Waals surface area contributed by atoms with Gasteiger partial charge >= 0.3 is 19.8 Å². The third-order valence-corrected chi connectivity index (χ3v) is 7.65. The molecule has 46 heavy (non-hydrogen) atoms. The van der Waals surface area contributed by atoms with Crippen molar-refractivity contribution in [2.75, 3.05) is 13.2 Å². The minimum Gasteiger partial charge on any atom is -0.462 e. The van der Waals surface area contributed by atoms with Crippen LogP contribution in [-0.4, -0.2) is 52.3 Å². The first kappa shape index (κ1) is 43.7. The van der Waals surface area contributed by atoms with Crippen LogP contribution in [-0.2, 0) is 28.2 Å². The number of hydrogen-bond donors (Lipinski definition) is 3. The lowest BCUT2D eigenvalue weighted by Crippen LogP contribution is -2.29. The van der Waals surface area contributed by atoms with Gasteiger partial charge in [-0.3, -0.25) is 14.1 Å². The SMILES string of the molecule is CC/C=C\C(O)C/C=C/C=C\C/C=C\C/C=C\CCCC(=O)O[C@H](COC(=O)CCCCCCCCC(C)CC)COP(=O)(O)O. The molecular formula is C36H61O9P. The molecule has 10 heteroatoms. The zero-order valence-corrected chi connectivity index (χ0v) is 29.4. The number of aliphatic hydroxyl groups excluding tert-OH is 1. The molecule has 3 atom stereocenters. The van der Waals surface area contributed by atoms with Gasteiger partial charge in [-0.05, 0) is 50.9 Å². The van der Waals surface area contributed by atoms with Crippen molar-refractivity contribution in [1.29, 1.82) is 0 Å². The quantitative estimate of drug-likeness (QED) is 0.0235. The molecule has 3 N–H and O–H groups in total. The highest BCUT2D eigenvalue weighted by Crippen LogP contribution is 2.35. The first-order chi connectivity index (χ1) is 22.1. The number of unbranched alkanes of at least 4 members (excludes halogenated alkanes) is 6. The van der Waals surface area contributed by atoms with Gasteiger partial charge in [0.2, 0.25) is 0 Å². The first-order valence-corrected chi connectivity index (χ1v) is 18.6. The maximum absolute atomic E-state index is 12.3. The smallest absolute Gasteiger partial charge is 0.462 e. The molecule has 264 valence electrons. The molecule has 0 spiro atoms. The van der Waals surface area contributed by atoms with E-state index in [9.17, 15) is 19.3 Å². The normalized spacial score (nSPS) is 14.7. The zero-order chi connectivity index (χ0) is 34.3. The fourth-order valence-electron chi connectivity index (χ4n) is 4.23. The van der Waals surface area contributed by atoms with Crippen molar-refractivity contribution in [1.82, 2.24) is 0 Å². The van der Waals surface area contributed by atoms with E-state index >= 15 is 0 Å². The number of allylic oxidation sites excluding steroid dienone is 8. The van der Waals surface area contributed by atoms with Gasteiger partial charge in [0.25, 0.3) is 0 Å². The van der Waals surface area contributed by atoms with E-state index in [0.717, 1.165) is 44.4 Å². The predicted octanol–water partition coefficient (Wildman–Crippen LogP) is 8.61. The number of phosphoric ester groups is 1. The Kier molecular flexibility index (Phi) is 28.6. The van der Waals surface area contributed by atoms with Gasteiger partial charge in [-0.1, -0.05) is 126 Å². The van der Waals surface area contributed by atoms with Crippen molar-refractivity contribution in [2.45, 2.75) is 136 Å². The van der Waals surface area contributed by atoms with Crippen LogP contribution in [0.15, 0.2) is 60.8 Å². The van der Waals surface area contributed by atoms with Crippen molar-refractivity contribution in [3.8, 4) is 0 Å². The Hall–Kier alpha value is -2.29. The van der Waals surface area contributed by atoms with Gasteiger partial charge in [0.1, 0.15) is 6.61 Å². The van der Waals surface area contributed by atoms with Crippen LogP contribution in [0.25, 0.3) is 0 Å². The van der Waals surface area contributed by atoms with Crippen molar-refractivity contribution >= 4 is 19.8 Å². The number of rotatable bonds is 29. The maximum atomic E-state index is 12.3. The summed E-state index contributed by atoms with van der Waals surface area (Å²) in [5.74, 6) is -0.211. The number of aliphatic hydroxyl groups is 1. The number of esters is 2. The van der Waals surface area contributed by atoms with Crippen LogP contribution < -0.4 is 0 Å². The van der Waals surface area contributed by atoms with E-state index in [0.29, 0.717) is 25.7 Å². The molecule has 0 aromatic heterocycles. The van der Waals surface area contributed by atoms with Crippen molar-refractivity contribution < 1.29 is 43.0 Å². The second-order valence-corrected chi connectivity index (χ2v) is 12.8. The molecule has 0 radical (unpaired) electrons. The molecule has 0 heterocycles. The van der Waals surface area contributed by atoms with Crippen LogP contribution in [0.2, 0.25) is 0 Å². The summed E-state index contributed by atoms with van der Waals surface area (Å²) in [5.41, 5.74) is 0. The Labute approximate surface area is 278 Å². The summed E-state index contributed by atoms with van der Waals surface area (Å²) in [7, 11) is -4.77. The first-order valence-electron chi connectivity index (χ1n) is 17.1. The molecule has 0 rings (SSSR count). The van der Waals surface area contributed by atoms with E-state index in [1.807, 2.05) is 49.5 Å². The van der Waals surface area contributed by atoms with Gasteiger partial charge in [-0.15, -0.1) is 0 Å². The molecule has 0 aromatic carbocycles. The highest BCUT2D eigenvalue weighted by Gasteiger charge is 2.22. The van der Waals surface area contributed by atoms with Gasteiger partial charge < -0.3 is 24.4 Å². The monoisotopic (exact) mass is 668 g/mol. The highest BCUT2D eigenvalue weighted by atomic mass is 31.2. The van der Waals surface area contributed by atoms with E-state index < -0.39 is 38.6 Å². The second kappa shape index (κ2) is 30.1. The van der Waals surface area contributed by atoms with Crippen molar-refractivity contribution in [2.24, 2.45) is 5.92 Å². The lowest BCUT2D eigenvalue weighted by atomic mass is 10.00. The summed E-state index contributed by atoms with van der Waals surface area (Å²) >= 11 is 0. The Bertz CT molecular complexity index is 965. The number of carbonyl (C=O) groups excluding carboxylic acids is 2. The Morgan fingerprint density at radius 1 is 0.761 bits per heavy atom. The van der Waals surface area contributed by atoms with Gasteiger partial charge in [0.15, 0.2) is 6.10 Å². The number of hydrogen-bond acceptors (Lipinski definition) is 7. The molecule has 0 amide bonds. The van der Waals surface area contributed by atoms with E-state index in [4.69, 9.17) is 19.3 Å². The van der Waals surface area contributed by atoms with Crippen LogP contribution >= 0.6 is 7.82 Å². The average molecular weight is 669 g/mol. The Morgan fingerprint density at radius 2 is 1.39 bits per heavy atom. The fraction of sp³-hybridized carbons (Fsp3) is 0.667. The average Bonchev–Trinajstić information content (AvgIpc) is 3.02. The van der Waals surface area contributed by atoms with Gasteiger partial charge in [0.05, 0.1) is 12.7 Å². The maximum Gasteiger partial charge on any atom is 0.469 e. The van der Waals surface area contributed by atoms with Crippen LogP contribution in [0.4, 0.5) is 0 Å².